The van der Waals surface area contributed by atoms with Crippen LogP contribution < -0.4 is 10.2 Å². The van der Waals surface area contributed by atoms with Gasteiger partial charge in [-0.05, 0) is 12.1 Å². The third-order valence-electron chi connectivity index (χ3n) is 2.24. The van der Waals surface area contributed by atoms with Crippen LogP contribution >= 0.6 is 0 Å². The zero-order valence-corrected chi connectivity index (χ0v) is 9.89. The first kappa shape index (κ1) is 13.2. The number of likely N-dealkylation sites (N-methyl/N-ethyl adjacent to an activating group) is 1. The van der Waals surface area contributed by atoms with E-state index in [9.17, 15) is 4.79 Å². The van der Waals surface area contributed by atoms with E-state index < -0.39 is 0 Å². The van der Waals surface area contributed by atoms with Gasteiger partial charge < -0.3 is 15.3 Å². The van der Waals surface area contributed by atoms with Crippen molar-refractivity contribution in [1.82, 2.24) is 10.3 Å². The average Bonchev–Trinajstić information content (AvgIpc) is 2.36. The number of hydrogen-bond acceptors (Lipinski definition) is 4. The third-order valence-corrected chi connectivity index (χ3v) is 2.24. The highest BCUT2D eigenvalue weighted by Gasteiger charge is 2.06. The molecule has 0 aromatic carbocycles. The maximum Gasteiger partial charge on any atom is 0.253 e. The van der Waals surface area contributed by atoms with Crippen molar-refractivity contribution in [1.29, 1.82) is 0 Å². The van der Waals surface area contributed by atoms with Crippen molar-refractivity contribution in [2.75, 3.05) is 31.6 Å². The Bertz CT molecular complexity index is 376. The lowest BCUT2D eigenvalue weighted by Crippen LogP contribution is -2.24. The molecule has 0 radical (unpaired) electrons. The molecular formula is C12H17N3O2. The number of nitrogens with one attached hydrogen (secondary N) is 1. The van der Waals surface area contributed by atoms with Gasteiger partial charge >= 0.3 is 0 Å². The minimum Gasteiger partial charge on any atom is -0.395 e. The van der Waals surface area contributed by atoms with Crippen molar-refractivity contribution in [2.45, 2.75) is 0 Å². The van der Waals surface area contributed by atoms with Gasteiger partial charge in [0.2, 0.25) is 0 Å². The van der Waals surface area contributed by atoms with Crippen LogP contribution in [0.25, 0.3) is 0 Å². The van der Waals surface area contributed by atoms with Gasteiger partial charge in [0.15, 0.2) is 0 Å². The summed E-state index contributed by atoms with van der Waals surface area (Å²) in [4.78, 5) is 17.5. The molecular weight excluding hydrogens is 218 g/mol. The van der Waals surface area contributed by atoms with Crippen LogP contribution in [0.4, 0.5) is 5.82 Å². The Morgan fingerprint density at radius 1 is 1.65 bits per heavy atom. The Morgan fingerprint density at radius 3 is 2.94 bits per heavy atom. The molecule has 1 aromatic rings. The summed E-state index contributed by atoms with van der Waals surface area (Å²) in [5.41, 5.74) is 0.507. The molecule has 0 bridgehead atoms. The lowest BCUT2D eigenvalue weighted by molar-refractivity contribution is 0.0957. The fourth-order valence-corrected chi connectivity index (χ4v) is 1.28. The fraction of sp³-hybridized carbons (Fsp3) is 0.333. The molecule has 1 aromatic heterocycles. The zero-order chi connectivity index (χ0) is 12.7. The van der Waals surface area contributed by atoms with Crippen molar-refractivity contribution >= 4 is 11.7 Å². The van der Waals surface area contributed by atoms with E-state index in [2.05, 4.69) is 16.9 Å². The van der Waals surface area contributed by atoms with E-state index in [4.69, 9.17) is 5.11 Å². The molecule has 1 heterocycles. The predicted octanol–water partition coefficient (Wildman–Crippen LogP) is 0.426. The Kier molecular flexibility index (Phi) is 5.16. The quantitative estimate of drug-likeness (QED) is 0.702. The molecule has 1 rings (SSSR count). The number of hydrogen-bond donors (Lipinski definition) is 2. The molecule has 2 N–H and O–H groups in total. The second kappa shape index (κ2) is 6.65. The van der Waals surface area contributed by atoms with Crippen LogP contribution in [-0.2, 0) is 0 Å². The molecule has 17 heavy (non-hydrogen) atoms. The molecule has 0 atom stereocenters. The molecule has 0 saturated carbocycles. The lowest BCUT2D eigenvalue weighted by atomic mass is 10.2. The molecule has 0 aliphatic rings. The van der Waals surface area contributed by atoms with E-state index in [1.807, 2.05) is 11.9 Å². The number of aliphatic hydroxyl groups excluding tert-OH is 1. The van der Waals surface area contributed by atoms with Gasteiger partial charge in [-0.25, -0.2) is 4.98 Å². The number of nitrogens with zero attached hydrogens (tertiary/aromatic N) is 2. The first-order chi connectivity index (χ1) is 8.19. The number of carbonyl (C=O) groups excluding carboxylic acids is 1. The van der Waals surface area contributed by atoms with Crippen molar-refractivity contribution < 1.29 is 9.90 Å². The molecule has 92 valence electrons. The number of amides is 1. The Morgan fingerprint density at radius 2 is 2.41 bits per heavy atom. The maximum atomic E-state index is 11.6. The number of aromatic nitrogens is 1. The second-order valence-electron chi connectivity index (χ2n) is 3.55. The lowest BCUT2D eigenvalue weighted by Gasteiger charge is -2.16. The van der Waals surface area contributed by atoms with Gasteiger partial charge in [0, 0.05) is 26.3 Å². The van der Waals surface area contributed by atoms with Gasteiger partial charge in [-0.1, -0.05) is 6.08 Å². The van der Waals surface area contributed by atoms with Crippen molar-refractivity contribution in [2.24, 2.45) is 0 Å². The number of pyridine rings is 1. The SMILES string of the molecule is C=CCNC(=O)c1ccc(N(C)CCO)nc1. The molecule has 0 spiro atoms. The van der Waals surface area contributed by atoms with Gasteiger partial charge in [-0.3, -0.25) is 4.79 Å². The summed E-state index contributed by atoms with van der Waals surface area (Å²) in [6.07, 6.45) is 3.14. The molecule has 5 heteroatoms. The number of aliphatic hydroxyl groups is 1. The second-order valence-corrected chi connectivity index (χ2v) is 3.55. The smallest absolute Gasteiger partial charge is 0.253 e. The Balaban J connectivity index is 2.67. The summed E-state index contributed by atoms with van der Waals surface area (Å²) < 4.78 is 0. The first-order valence-corrected chi connectivity index (χ1v) is 5.36. The van der Waals surface area contributed by atoms with Gasteiger partial charge in [0.1, 0.15) is 5.82 Å². The number of rotatable bonds is 6. The van der Waals surface area contributed by atoms with Gasteiger partial charge in [-0.2, -0.15) is 0 Å². The molecule has 0 aliphatic carbocycles. The van der Waals surface area contributed by atoms with Crippen LogP contribution in [0.3, 0.4) is 0 Å². The van der Waals surface area contributed by atoms with Crippen LogP contribution in [0.1, 0.15) is 10.4 Å². The Labute approximate surface area is 101 Å². The van der Waals surface area contributed by atoms with Crippen LogP contribution in [0, 0.1) is 0 Å². The Hall–Kier alpha value is -1.88. The van der Waals surface area contributed by atoms with E-state index in [0.717, 1.165) is 5.82 Å². The summed E-state index contributed by atoms with van der Waals surface area (Å²) in [6, 6.07) is 3.45. The first-order valence-electron chi connectivity index (χ1n) is 5.36. The molecule has 0 aliphatic heterocycles. The van der Waals surface area contributed by atoms with E-state index in [1.54, 1.807) is 18.2 Å². The number of carbonyl (C=O) groups is 1. The number of anilines is 1. The molecule has 0 saturated heterocycles. The summed E-state index contributed by atoms with van der Waals surface area (Å²) in [5, 5.41) is 11.5. The molecule has 1 amide bonds. The topological polar surface area (TPSA) is 65.5 Å². The molecule has 0 unspecified atom stereocenters. The minimum atomic E-state index is -0.172. The summed E-state index contributed by atoms with van der Waals surface area (Å²) >= 11 is 0. The fourth-order valence-electron chi connectivity index (χ4n) is 1.28. The van der Waals surface area contributed by atoms with E-state index >= 15 is 0 Å². The van der Waals surface area contributed by atoms with Crippen molar-refractivity contribution in [3.05, 3.63) is 36.5 Å². The molecule has 0 fully saturated rings. The highest BCUT2D eigenvalue weighted by atomic mass is 16.3. The third kappa shape index (κ3) is 3.88. The zero-order valence-electron chi connectivity index (χ0n) is 9.89. The van der Waals surface area contributed by atoms with Crippen LogP contribution in [0.2, 0.25) is 0 Å². The van der Waals surface area contributed by atoms with E-state index in [0.29, 0.717) is 18.7 Å². The molecule has 5 nitrogen and oxygen atoms in total. The standard InChI is InChI=1S/C12H17N3O2/c1-3-6-13-12(17)10-4-5-11(14-9-10)15(2)7-8-16/h3-5,9,16H,1,6-8H2,2H3,(H,13,17). The van der Waals surface area contributed by atoms with Gasteiger partial charge in [0.25, 0.3) is 5.91 Å². The summed E-state index contributed by atoms with van der Waals surface area (Å²) in [5.74, 6) is 0.549. The minimum absolute atomic E-state index is 0.0692. The largest absolute Gasteiger partial charge is 0.395 e. The monoisotopic (exact) mass is 235 g/mol. The van der Waals surface area contributed by atoms with Gasteiger partial charge in [0.05, 0.1) is 12.2 Å². The average molecular weight is 235 g/mol. The van der Waals surface area contributed by atoms with Crippen molar-refractivity contribution in [3.8, 4) is 0 Å². The van der Waals surface area contributed by atoms with E-state index in [-0.39, 0.29) is 12.5 Å². The normalized spacial score (nSPS) is 9.76. The highest BCUT2D eigenvalue weighted by Crippen LogP contribution is 2.08. The van der Waals surface area contributed by atoms with Crippen molar-refractivity contribution in [3.63, 3.8) is 0 Å². The maximum absolute atomic E-state index is 11.6. The summed E-state index contributed by atoms with van der Waals surface area (Å²) in [6.45, 7) is 4.54. The van der Waals surface area contributed by atoms with Crippen LogP contribution in [0.15, 0.2) is 31.0 Å². The highest BCUT2D eigenvalue weighted by molar-refractivity contribution is 5.94. The van der Waals surface area contributed by atoms with Gasteiger partial charge in [-0.15, -0.1) is 6.58 Å². The summed E-state index contributed by atoms with van der Waals surface area (Å²) in [7, 11) is 1.83. The van der Waals surface area contributed by atoms with Crippen LogP contribution in [-0.4, -0.2) is 42.7 Å². The predicted molar refractivity (Wildman–Crippen MR) is 67.1 cm³/mol. The van der Waals surface area contributed by atoms with Crippen LogP contribution in [0.5, 0.6) is 0 Å². The van der Waals surface area contributed by atoms with E-state index in [1.165, 1.54) is 6.20 Å².